The highest BCUT2D eigenvalue weighted by atomic mass is 79.9. The van der Waals surface area contributed by atoms with Crippen molar-refractivity contribution in [3.05, 3.63) is 34.3 Å². The van der Waals surface area contributed by atoms with E-state index in [0.29, 0.717) is 13.1 Å². The van der Waals surface area contributed by atoms with Crippen LogP contribution in [-0.4, -0.2) is 29.6 Å². The van der Waals surface area contributed by atoms with Crippen molar-refractivity contribution in [1.29, 1.82) is 5.26 Å². The van der Waals surface area contributed by atoms with Gasteiger partial charge in [-0.2, -0.15) is 5.26 Å². The molecule has 0 saturated heterocycles. The fourth-order valence-corrected chi connectivity index (χ4v) is 2.06. The Morgan fingerprint density at radius 1 is 1.33 bits per heavy atom. The summed E-state index contributed by atoms with van der Waals surface area (Å²) in [4.78, 5) is 2.10. The maximum Gasteiger partial charge on any atom is 0.0916 e. The number of likely N-dealkylation sites (N-methyl/N-ethyl adjacent to an activating group) is 1. The molecule has 98 valence electrons. The van der Waals surface area contributed by atoms with Gasteiger partial charge in [0, 0.05) is 17.6 Å². The third-order valence-corrected chi connectivity index (χ3v) is 3.41. The summed E-state index contributed by atoms with van der Waals surface area (Å²) in [6.07, 6.45) is -0.510. The van der Waals surface area contributed by atoms with Crippen LogP contribution in [-0.2, 0) is 0 Å². The summed E-state index contributed by atoms with van der Waals surface area (Å²) < 4.78 is 1.00. The Labute approximate surface area is 117 Å². The highest BCUT2D eigenvalue weighted by molar-refractivity contribution is 9.10. The number of aliphatic hydroxyl groups excluding tert-OH is 1. The van der Waals surface area contributed by atoms with Gasteiger partial charge in [0.1, 0.15) is 0 Å². The first-order valence-electron chi connectivity index (χ1n) is 6.12. The molecule has 0 fully saturated rings. The predicted molar refractivity (Wildman–Crippen MR) is 76.0 cm³/mol. The van der Waals surface area contributed by atoms with Crippen molar-refractivity contribution in [1.82, 2.24) is 4.90 Å². The van der Waals surface area contributed by atoms with Gasteiger partial charge in [0.15, 0.2) is 0 Å². The van der Waals surface area contributed by atoms with E-state index >= 15 is 0 Å². The highest BCUT2D eigenvalue weighted by Crippen LogP contribution is 2.18. The lowest BCUT2D eigenvalue weighted by molar-refractivity contribution is 0.112. The Hall–Kier alpha value is -0.890. The third-order valence-electron chi connectivity index (χ3n) is 2.89. The number of rotatable bonds is 6. The van der Waals surface area contributed by atoms with Gasteiger partial charge in [-0.05, 0) is 31.2 Å². The van der Waals surface area contributed by atoms with E-state index in [0.717, 1.165) is 16.6 Å². The molecule has 3 nitrogen and oxygen atoms in total. The molecule has 0 radical (unpaired) electrons. The van der Waals surface area contributed by atoms with E-state index in [1.807, 2.05) is 38.1 Å². The van der Waals surface area contributed by atoms with E-state index in [2.05, 4.69) is 26.9 Å². The van der Waals surface area contributed by atoms with Crippen molar-refractivity contribution in [3.63, 3.8) is 0 Å². The number of nitriles is 1. The highest BCUT2D eigenvalue weighted by Gasteiger charge is 2.14. The molecule has 0 aliphatic rings. The zero-order valence-corrected chi connectivity index (χ0v) is 12.4. The minimum atomic E-state index is -0.510. The van der Waals surface area contributed by atoms with E-state index in [9.17, 15) is 5.11 Å². The molecular formula is C14H19BrN2O. The number of halogens is 1. The van der Waals surface area contributed by atoms with Gasteiger partial charge >= 0.3 is 0 Å². The summed E-state index contributed by atoms with van der Waals surface area (Å²) in [5.74, 6) is -0.0120. The first-order valence-corrected chi connectivity index (χ1v) is 6.91. The zero-order chi connectivity index (χ0) is 13.5. The van der Waals surface area contributed by atoms with Crippen LogP contribution in [0.3, 0.4) is 0 Å². The molecular weight excluding hydrogens is 292 g/mol. The van der Waals surface area contributed by atoms with Gasteiger partial charge in [-0.3, -0.25) is 4.90 Å². The molecule has 0 heterocycles. The van der Waals surface area contributed by atoms with Crippen molar-refractivity contribution in [3.8, 4) is 6.07 Å². The molecule has 4 heteroatoms. The van der Waals surface area contributed by atoms with Crippen LogP contribution in [0, 0.1) is 17.2 Å². The smallest absolute Gasteiger partial charge is 0.0916 e. The SMILES string of the molecule is CCN(CC(C)C#N)CC(O)c1ccc(Br)cc1. The molecule has 2 unspecified atom stereocenters. The molecule has 0 amide bonds. The molecule has 0 bridgehead atoms. The Morgan fingerprint density at radius 3 is 2.44 bits per heavy atom. The zero-order valence-electron chi connectivity index (χ0n) is 10.8. The van der Waals surface area contributed by atoms with E-state index in [4.69, 9.17) is 5.26 Å². The predicted octanol–water partition coefficient (Wildman–Crippen LogP) is 2.96. The molecule has 18 heavy (non-hydrogen) atoms. The van der Waals surface area contributed by atoms with Crippen molar-refractivity contribution < 1.29 is 5.11 Å². The standard InChI is InChI=1S/C14H19BrN2O/c1-3-17(9-11(2)8-16)10-14(18)12-4-6-13(15)7-5-12/h4-7,11,14,18H,3,9-10H2,1-2H3. The molecule has 0 saturated carbocycles. The lowest BCUT2D eigenvalue weighted by atomic mass is 10.1. The first kappa shape index (κ1) is 15.2. The maximum atomic E-state index is 10.2. The second-order valence-corrected chi connectivity index (χ2v) is 5.37. The Bertz CT molecular complexity index is 399. The van der Waals surface area contributed by atoms with Crippen LogP contribution in [0.5, 0.6) is 0 Å². The average molecular weight is 311 g/mol. The average Bonchev–Trinajstić information content (AvgIpc) is 2.38. The molecule has 1 N–H and O–H groups in total. The Balaban J connectivity index is 2.59. The van der Waals surface area contributed by atoms with Crippen LogP contribution in [0.1, 0.15) is 25.5 Å². The fraction of sp³-hybridized carbons (Fsp3) is 0.500. The Kier molecular flexibility index (Phi) is 6.34. The number of hydrogen-bond acceptors (Lipinski definition) is 3. The Morgan fingerprint density at radius 2 is 1.94 bits per heavy atom. The normalized spacial score (nSPS) is 14.2. The molecule has 1 aromatic rings. The molecule has 0 spiro atoms. The van der Waals surface area contributed by atoms with Crippen molar-refractivity contribution in [2.24, 2.45) is 5.92 Å². The molecule has 0 aliphatic carbocycles. The van der Waals surface area contributed by atoms with Crippen molar-refractivity contribution >= 4 is 15.9 Å². The van der Waals surface area contributed by atoms with E-state index in [-0.39, 0.29) is 5.92 Å². The summed E-state index contributed by atoms with van der Waals surface area (Å²) in [6.45, 7) is 6.03. The molecule has 1 aromatic carbocycles. The summed E-state index contributed by atoms with van der Waals surface area (Å²) in [5, 5.41) is 19.0. The summed E-state index contributed by atoms with van der Waals surface area (Å²) in [6, 6.07) is 9.89. The number of aliphatic hydroxyl groups is 1. The second kappa shape index (κ2) is 7.52. The molecule has 1 rings (SSSR count). The van der Waals surface area contributed by atoms with E-state index in [1.54, 1.807) is 0 Å². The molecule has 0 aromatic heterocycles. The van der Waals surface area contributed by atoms with Crippen LogP contribution >= 0.6 is 15.9 Å². The van der Waals surface area contributed by atoms with Crippen molar-refractivity contribution in [2.45, 2.75) is 20.0 Å². The monoisotopic (exact) mass is 310 g/mol. The lowest BCUT2D eigenvalue weighted by Crippen LogP contribution is -2.32. The van der Waals surface area contributed by atoms with Gasteiger partial charge in [0.2, 0.25) is 0 Å². The van der Waals surface area contributed by atoms with Gasteiger partial charge in [0.25, 0.3) is 0 Å². The fourth-order valence-electron chi connectivity index (χ4n) is 1.80. The number of benzene rings is 1. The van der Waals surface area contributed by atoms with Gasteiger partial charge in [-0.15, -0.1) is 0 Å². The van der Waals surface area contributed by atoms with Crippen LogP contribution in [0.2, 0.25) is 0 Å². The number of hydrogen-bond donors (Lipinski definition) is 1. The summed E-state index contributed by atoms with van der Waals surface area (Å²) >= 11 is 3.37. The molecule has 0 aliphatic heterocycles. The topological polar surface area (TPSA) is 47.3 Å². The van der Waals surface area contributed by atoms with Gasteiger partial charge in [-0.25, -0.2) is 0 Å². The minimum Gasteiger partial charge on any atom is -0.387 e. The molecule has 2 atom stereocenters. The van der Waals surface area contributed by atoms with Gasteiger partial charge in [-0.1, -0.05) is 35.0 Å². The lowest BCUT2D eigenvalue weighted by Gasteiger charge is -2.24. The van der Waals surface area contributed by atoms with Crippen LogP contribution in [0.25, 0.3) is 0 Å². The maximum absolute atomic E-state index is 10.2. The largest absolute Gasteiger partial charge is 0.387 e. The van der Waals surface area contributed by atoms with Crippen LogP contribution in [0.4, 0.5) is 0 Å². The third kappa shape index (κ3) is 4.77. The van der Waals surface area contributed by atoms with E-state index in [1.165, 1.54) is 0 Å². The van der Waals surface area contributed by atoms with Crippen LogP contribution < -0.4 is 0 Å². The van der Waals surface area contributed by atoms with Crippen LogP contribution in [0.15, 0.2) is 28.7 Å². The minimum absolute atomic E-state index is 0.0120. The summed E-state index contributed by atoms with van der Waals surface area (Å²) in [5.41, 5.74) is 0.904. The first-order chi connectivity index (χ1) is 8.56. The number of nitrogens with zero attached hydrogens (tertiary/aromatic N) is 2. The quantitative estimate of drug-likeness (QED) is 0.878. The summed E-state index contributed by atoms with van der Waals surface area (Å²) in [7, 11) is 0. The van der Waals surface area contributed by atoms with Gasteiger partial charge in [0.05, 0.1) is 18.1 Å². The second-order valence-electron chi connectivity index (χ2n) is 4.45. The van der Waals surface area contributed by atoms with Crippen molar-refractivity contribution in [2.75, 3.05) is 19.6 Å². The van der Waals surface area contributed by atoms with Gasteiger partial charge < -0.3 is 5.11 Å². The van der Waals surface area contributed by atoms with E-state index < -0.39 is 6.10 Å².